The molecule has 1 aliphatic heterocycles. The molecule has 2 rings (SSSR count). The van der Waals surface area contributed by atoms with Crippen molar-refractivity contribution in [3.63, 3.8) is 0 Å². The fourth-order valence-electron chi connectivity index (χ4n) is 2.88. The molecule has 1 fully saturated rings. The van der Waals surface area contributed by atoms with Crippen LogP contribution < -0.4 is 0 Å². The first-order valence-corrected chi connectivity index (χ1v) is 8.71. The van der Waals surface area contributed by atoms with E-state index in [1.165, 1.54) is 0 Å². The summed E-state index contributed by atoms with van der Waals surface area (Å²) >= 11 is 0. The van der Waals surface area contributed by atoms with Crippen LogP contribution in [0.25, 0.3) is 0 Å². The summed E-state index contributed by atoms with van der Waals surface area (Å²) in [5.41, 5.74) is 0.606. The Labute approximate surface area is 149 Å². The van der Waals surface area contributed by atoms with Crippen molar-refractivity contribution in [1.82, 2.24) is 0 Å². The van der Waals surface area contributed by atoms with E-state index < -0.39 is 5.97 Å². The monoisotopic (exact) mass is 348 g/mol. The maximum atomic E-state index is 10.6. The number of hydrogen-bond acceptors (Lipinski definition) is 4. The summed E-state index contributed by atoms with van der Waals surface area (Å²) in [4.78, 5) is 10.6. The number of hydrogen-bond donors (Lipinski definition) is 2. The second-order valence-electron chi connectivity index (χ2n) is 7.55. The van der Waals surface area contributed by atoms with Crippen molar-refractivity contribution in [3.05, 3.63) is 42.0 Å². The Hall–Kier alpha value is -1.85. The summed E-state index contributed by atoms with van der Waals surface area (Å²) in [6, 6.07) is 7.23. The number of carboxylic acid groups (broad SMARTS) is 1. The number of para-hydroxylation sites is 1. The minimum atomic E-state index is -0.797. The van der Waals surface area contributed by atoms with Crippen LogP contribution in [0.15, 0.2) is 36.4 Å². The minimum Gasteiger partial charge on any atom is -0.508 e. The van der Waals surface area contributed by atoms with Gasteiger partial charge < -0.3 is 19.7 Å². The van der Waals surface area contributed by atoms with E-state index in [4.69, 9.17) is 14.6 Å². The van der Waals surface area contributed by atoms with Crippen LogP contribution in [0.4, 0.5) is 0 Å². The quantitative estimate of drug-likeness (QED) is 0.751. The van der Waals surface area contributed by atoms with E-state index in [2.05, 4.69) is 20.8 Å². The lowest BCUT2D eigenvalue weighted by atomic mass is 9.89. The van der Waals surface area contributed by atoms with E-state index in [0.29, 0.717) is 19.4 Å². The van der Waals surface area contributed by atoms with Crippen LogP contribution in [0.1, 0.15) is 51.7 Å². The first-order valence-electron chi connectivity index (χ1n) is 8.71. The fraction of sp³-hybridized carbons (Fsp3) is 0.550. The lowest BCUT2D eigenvalue weighted by Crippen LogP contribution is -2.41. The van der Waals surface area contributed by atoms with E-state index in [1.807, 2.05) is 24.3 Å². The third-order valence-electron chi connectivity index (χ3n) is 4.24. The number of aromatic hydroxyl groups is 1. The number of carbonyl (C=O) groups is 1. The van der Waals surface area contributed by atoms with Gasteiger partial charge in [0.25, 0.3) is 0 Å². The summed E-state index contributed by atoms with van der Waals surface area (Å²) in [5.74, 6) is -0.510. The molecular formula is C20H28O5. The van der Waals surface area contributed by atoms with Crippen LogP contribution in [0.3, 0.4) is 0 Å². The molecule has 0 spiro atoms. The highest BCUT2D eigenvalue weighted by molar-refractivity contribution is 5.66. The van der Waals surface area contributed by atoms with Crippen molar-refractivity contribution in [2.45, 2.75) is 52.4 Å². The topological polar surface area (TPSA) is 76.0 Å². The fourth-order valence-corrected chi connectivity index (χ4v) is 2.88. The second kappa shape index (κ2) is 8.50. The molecular weight excluding hydrogens is 320 g/mol. The van der Waals surface area contributed by atoms with Crippen LogP contribution in [0, 0.1) is 11.3 Å². The largest absolute Gasteiger partial charge is 0.508 e. The van der Waals surface area contributed by atoms with Crippen molar-refractivity contribution in [2.75, 3.05) is 6.61 Å². The van der Waals surface area contributed by atoms with Crippen LogP contribution in [0.5, 0.6) is 5.75 Å². The number of ether oxygens (including phenoxy) is 2. The van der Waals surface area contributed by atoms with Gasteiger partial charge in [-0.25, -0.2) is 0 Å². The van der Waals surface area contributed by atoms with E-state index in [-0.39, 0.29) is 35.9 Å². The Morgan fingerprint density at radius 1 is 1.28 bits per heavy atom. The molecule has 0 amide bonds. The maximum absolute atomic E-state index is 10.6. The Bertz CT molecular complexity index is 602. The van der Waals surface area contributed by atoms with Gasteiger partial charge in [-0.1, -0.05) is 51.1 Å². The zero-order chi connectivity index (χ0) is 18.4. The molecule has 3 unspecified atom stereocenters. The molecule has 0 aromatic heterocycles. The normalized spacial score (nSPS) is 24.5. The Balaban J connectivity index is 2.11. The van der Waals surface area contributed by atoms with Crippen LogP contribution in [-0.2, 0) is 14.3 Å². The average Bonchev–Trinajstić information content (AvgIpc) is 2.54. The molecule has 5 heteroatoms. The number of carboxylic acids is 1. The zero-order valence-corrected chi connectivity index (χ0v) is 15.1. The predicted octanol–water partition coefficient (Wildman–Crippen LogP) is 4.28. The second-order valence-corrected chi connectivity index (χ2v) is 7.55. The van der Waals surface area contributed by atoms with Crippen molar-refractivity contribution < 1.29 is 24.5 Å². The number of allylic oxidation sites excluding steroid dienone is 2. The van der Waals surface area contributed by atoms with E-state index in [1.54, 1.807) is 12.1 Å². The third kappa shape index (κ3) is 5.58. The van der Waals surface area contributed by atoms with E-state index >= 15 is 0 Å². The number of benzene rings is 1. The van der Waals surface area contributed by atoms with Crippen molar-refractivity contribution in [1.29, 1.82) is 0 Å². The smallest absolute Gasteiger partial charge is 0.303 e. The molecule has 1 aromatic rings. The summed E-state index contributed by atoms with van der Waals surface area (Å²) in [5, 5.41) is 18.9. The van der Waals surface area contributed by atoms with Crippen LogP contribution >= 0.6 is 0 Å². The van der Waals surface area contributed by atoms with Gasteiger partial charge in [-0.2, -0.15) is 0 Å². The molecule has 1 saturated heterocycles. The Kier molecular flexibility index (Phi) is 6.62. The van der Waals surface area contributed by atoms with Gasteiger partial charge in [0.05, 0.1) is 12.7 Å². The molecule has 0 radical (unpaired) electrons. The number of rotatable bonds is 6. The number of phenolic OH excluding ortho intramolecular Hbond substituents is 1. The predicted molar refractivity (Wildman–Crippen MR) is 95.2 cm³/mol. The van der Waals surface area contributed by atoms with Crippen molar-refractivity contribution in [3.8, 4) is 5.75 Å². The Morgan fingerprint density at radius 3 is 2.64 bits per heavy atom. The highest BCUT2D eigenvalue weighted by atomic mass is 16.7. The third-order valence-corrected chi connectivity index (χ3v) is 4.24. The first-order chi connectivity index (χ1) is 11.8. The van der Waals surface area contributed by atoms with E-state index in [0.717, 1.165) is 5.56 Å². The number of phenols is 1. The van der Waals surface area contributed by atoms with Crippen LogP contribution in [-0.4, -0.2) is 29.1 Å². The molecule has 1 aromatic carbocycles. The highest BCUT2D eigenvalue weighted by Crippen LogP contribution is 2.41. The molecule has 1 heterocycles. The minimum absolute atomic E-state index is 0.0629. The van der Waals surface area contributed by atoms with Gasteiger partial charge in [-0.3, -0.25) is 4.79 Å². The summed E-state index contributed by atoms with van der Waals surface area (Å²) < 4.78 is 12.1. The first kappa shape index (κ1) is 19.5. The molecule has 5 nitrogen and oxygen atoms in total. The molecule has 0 saturated carbocycles. The molecule has 0 aliphatic carbocycles. The summed E-state index contributed by atoms with van der Waals surface area (Å²) in [7, 11) is 0. The van der Waals surface area contributed by atoms with Gasteiger partial charge in [0.2, 0.25) is 0 Å². The lowest BCUT2D eigenvalue weighted by Gasteiger charge is -2.42. The summed E-state index contributed by atoms with van der Waals surface area (Å²) in [6.07, 6.45) is 4.60. The van der Waals surface area contributed by atoms with Gasteiger partial charge in [0.15, 0.2) is 6.29 Å². The van der Waals surface area contributed by atoms with Gasteiger partial charge >= 0.3 is 5.97 Å². The van der Waals surface area contributed by atoms with Gasteiger partial charge in [0, 0.05) is 23.3 Å². The van der Waals surface area contributed by atoms with Gasteiger partial charge in [0.1, 0.15) is 5.75 Å². The van der Waals surface area contributed by atoms with Gasteiger partial charge in [-0.15, -0.1) is 0 Å². The molecule has 3 atom stereocenters. The standard InChI is InChI=1S/C20H28O5/c1-20(2,3)19-24-13-14(9-5-4-6-12-17(22)23)18(25-19)15-10-7-8-11-16(15)21/h4-5,7-8,10-11,14,18-19,21H,6,9,12-13H2,1-3H3,(H,22,23)/b5-4-. The highest BCUT2D eigenvalue weighted by Gasteiger charge is 2.38. The Morgan fingerprint density at radius 2 is 2.00 bits per heavy atom. The zero-order valence-electron chi connectivity index (χ0n) is 15.1. The number of aliphatic carboxylic acids is 1. The molecule has 0 bridgehead atoms. The van der Waals surface area contributed by atoms with Gasteiger partial charge in [-0.05, 0) is 18.9 Å². The molecule has 25 heavy (non-hydrogen) atoms. The lowest BCUT2D eigenvalue weighted by molar-refractivity contribution is -0.275. The SMILES string of the molecule is CC(C)(C)C1OCC(C/C=C\CCC(=O)O)C(c2ccccc2O)O1. The van der Waals surface area contributed by atoms with E-state index in [9.17, 15) is 9.90 Å². The van der Waals surface area contributed by atoms with Crippen molar-refractivity contribution >= 4 is 5.97 Å². The van der Waals surface area contributed by atoms with Crippen molar-refractivity contribution in [2.24, 2.45) is 11.3 Å². The average molecular weight is 348 g/mol. The summed E-state index contributed by atoms with van der Waals surface area (Å²) in [6.45, 7) is 6.72. The molecule has 1 aliphatic rings. The molecule has 2 N–H and O–H groups in total. The molecule has 138 valence electrons. The van der Waals surface area contributed by atoms with Crippen LogP contribution in [0.2, 0.25) is 0 Å². The maximum Gasteiger partial charge on any atom is 0.303 e.